The Morgan fingerprint density at radius 3 is 2.50 bits per heavy atom. The molecule has 5 nitrogen and oxygen atoms in total. The first-order chi connectivity index (χ1) is 12.5. The van der Waals surface area contributed by atoms with E-state index >= 15 is 0 Å². The van der Waals surface area contributed by atoms with E-state index in [1.54, 1.807) is 24.5 Å². The van der Waals surface area contributed by atoms with Gasteiger partial charge in [0, 0.05) is 49.7 Å². The molecule has 1 saturated heterocycles. The zero-order valence-corrected chi connectivity index (χ0v) is 16.4. The highest BCUT2D eigenvalue weighted by atomic mass is 32.1. The van der Waals surface area contributed by atoms with Crippen LogP contribution in [0.15, 0.2) is 41.3 Å². The van der Waals surface area contributed by atoms with Gasteiger partial charge in [-0.1, -0.05) is 5.57 Å². The molecule has 0 spiro atoms. The smallest absolute Gasteiger partial charge is 0.246 e. The molecule has 26 heavy (non-hydrogen) atoms. The van der Waals surface area contributed by atoms with Gasteiger partial charge in [-0.2, -0.15) is 0 Å². The number of piperazine rings is 1. The topological polar surface area (TPSA) is 45.7 Å². The van der Waals surface area contributed by atoms with Gasteiger partial charge in [0.25, 0.3) is 0 Å². The summed E-state index contributed by atoms with van der Waals surface area (Å²) >= 11 is 1.67. The minimum Gasteiger partial charge on any atom is -0.497 e. The number of allylic oxidation sites excluding steroid dienone is 1. The van der Waals surface area contributed by atoms with Crippen LogP contribution >= 0.6 is 11.3 Å². The molecule has 1 amide bonds. The van der Waals surface area contributed by atoms with Crippen molar-refractivity contribution >= 4 is 17.2 Å². The van der Waals surface area contributed by atoms with E-state index in [0.717, 1.165) is 60.3 Å². The van der Waals surface area contributed by atoms with Gasteiger partial charge in [0.05, 0.1) is 12.8 Å². The van der Waals surface area contributed by atoms with E-state index in [-0.39, 0.29) is 5.91 Å². The molecule has 2 aromatic rings. The lowest BCUT2D eigenvalue weighted by Gasteiger charge is -2.33. The molecule has 6 heteroatoms. The lowest BCUT2D eigenvalue weighted by Crippen LogP contribution is -2.47. The summed E-state index contributed by atoms with van der Waals surface area (Å²) in [6.07, 6.45) is 1.72. The molecule has 138 valence electrons. The Hall–Kier alpha value is -2.18. The van der Waals surface area contributed by atoms with Crippen LogP contribution in [0.25, 0.3) is 10.6 Å². The molecule has 1 aliphatic rings. The number of rotatable bonds is 5. The Labute approximate surface area is 158 Å². The van der Waals surface area contributed by atoms with Crippen molar-refractivity contribution in [2.75, 3.05) is 33.3 Å². The SMILES string of the molecule is COc1ccc(-c2nc(CN3CCN(C(=O)C=C(C)C)CC3)cs2)cc1. The summed E-state index contributed by atoms with van der Waals surface area (Å²) in [6, 6.07) is 7.99. The Morgan fingerprint density at radius 2 is 1.88 bits per heavy atom. The van der Waals surface area contributed by atoms with Crippen molar-refractivity contribution in [3.63, 3.8) is 0 Å². The van der Waals surface area contributed by atoms with E-state index in [1.807, 2.05) is 43.0 Å². The van der Waals surface area contributed by atoms with Crippen LogP contribution in [0.1, 0.15) is 19.5 Å². The normalized spacial score (nSPS) is 15.0. The molecule has 1 aromatic heterocycles. The van der Waals surface area contributed by atoms with Crippen LogP contribution in [0.4, 0.5) is 0 Å². The van der Waals surface area contributed by atoms with Crippen molar-refractivity contribution in [3.8, 4) is 16.3 Å². The number of hydrogen-bond acceptors (Lipinski definition) is 5. The van der Waals surface area contributed by atoms with Crippen molar-refractivity contribution in [2.45, 2.75) is 20.4 Å². The molecule has 0 aliphatic carbocycles. The maximum Gasteiger partial charge on any atom is 0.246 e. The first-order valence-electron chi connectivity index (χ1n) is 8.80. The summed E-state index contributed by atoms with van der Waals surface area (Å²) in [4.78, 5) is 21.1. The quantitative estimate of drug-likeness (QED) is 0.756. The molecule has 1 aliphatic heterocycles. The summed E-state index contributed by atoms with van der Waals surface area (Å²) in [5, 5.41) is 3.15. The summed E-state index contributed by atoms with van der Waals surface area (Å²) in [5.74, 6) is 0.978. The van der Waals surface area contributed by atoms with Gasteiger partial charge in [-0.15, -0.1) is 11.3 Å². The van der Waals surface area contributed by atoms with Crippen molar-refractivity contribution < 1.29 is 9.53 Å². The van der Waals surface area contributed by atoms with Gasteiger partial charge in [0.15, 0.2) is 0 Å². The van der Waals surface area contributed by atoms with E-state index in [1.165, 1.54) is 0 Å². The molecule has 3 rings (SSSR count). The van der Waals surface area contributed by atoms with Crippen LogP contribution in [0, 0.1) is 0 Å². The number of carbonyl (C=O) groups is 1. The van der Waals surface area contributed by atoms with E-state index in [2.05, 4.69) is 10.3 Å². The van der Waals surface area contributed by atoms with E-state index < -0.39 is 0 Å². The third kappa shape index (κ3) is 4.71. The van der Waals surface area contributed by atoms with Crippen LogP contribution in [0.2, 0.25) is 0 Å². The Bertz CT molecular complexity index is 771. The second kappa shape index (κ2) is 8.47. The molecule has 1 aromatic carbocycles. The number of aromatic nitrogens is 1. The molecule has 0 radical (unpaired) electrons. The number of methoxy groups -OCH3 is 1. The predicted molar refractivity (Wildman–Crippen MR) is 105 cm³/mol. The predicted octanol–water partition coefficient (Wildman–Crippen LogP) is 3.43. The zero-order chi connectivity index (χ0) is 18.5. The van der Waals surface area contributed by atoms with Gasteiger partial charge < -0.3 is 9.64 Å². The first-order valence-corrected chi connectivity index (χ1v) is 9.68. The van der Waals surface area contributed by atoms with Crippen LogP contribution in [-0.2, 0) is 11.3 Å². The van der Waals surface area contributed by atoms with E-state index in [9.17, 15) is 4.79 Å². The van der Waals surface area contributed by atoms with Crippen molar-refractivity contribution in [1.29, 1.82) is 0 Å². The molecule has 2 heterocycles. The number of amides is 1. The molecule has 0 atom stereocenters. The first kappa shape index (κ1) is 18.6. The van der Waals surface area contributed by atoms with Gasteiger partial charge in [-0.05, 0) is 38.1 Å². The maximum absolute atomic E-state index is 12.1. The highest BCUT2D eigenvalue weighted by Crippen LogP contribution is 2.26. The zero-order valence-electron chi connectivity index (χ0n) is 15.6. The number of ether oxygens (including phenoxy) is 1. The Balaban J connectivity index is 1.55. The minimum atomic E-state index is 0.125. The number of thiazole rings is 1. The summed E-state index contributed by atoms with van der Waals surface area (Å²) in [5.41, 5.74) is 3.25. The average Bonchev–Trinajstić information content (AvgIpc) is 3.10. The number of carbonyl (C=O) groups excluding carboxylic acids is 1. The monoisotopic (exact) mass is 371 g/mol. The molecular weight excluding hydrogens is 346 g/mol. The molecular formula is C20H25N3O2S. The lowest BCUT2D eigenvalue weighted by atomic mass is 10.2. The largest absolute Gasteiger partial charge is 0.497 e. The molecule has 0 unspecified atom stereocenters. The van der Waals surface area contributed by atoms with Gasteiger partial charge >= 0.3 is 0 Å². The molecule has 1 fully saturated rings. The van der Waals surface area contributed by atoms with E-state index in [0.29, 0.717) is 0 Å². The third-order valence-electron chi connectivity index (χ3n) is 4.37. The van der Waals surface area contributed by atoms with Gasteiger partial charge in [-0.3, -0.25) is 9.69 Å². The van der Waals surface area contributed by atoms with E-state index in [4.69, 9.17) is 9.72 Å². The number of benzene rings is 1. The van der Waals surface area contributed by atoms with Crippen LogP contribution < -0.4 is 4.74 Å². The van der Waals surface area contributed by atoms with Crippen molar-refractivity contribution in [1.82, 2.24) is 14.8 Å². The summed E-state index contributed by atoms with van der Waals surface area (Å²) in [7, 11) is 1.67. The lowest BCUT2D eigenvalue weighted by molar-refractivity contribution is -0.127. The highest BCUT2D eigenvalue weighted by molar-refractivity contribution is 7.13. The standard InChI is InChI=1S/C20H25N3O2S/c1-15(2)12-19(24)23-10-8-22(9-11-23)13-17-14-26-20(21-17)16-4-6-18(25-3)7-5-16/h4-7,12,14H,8-11,13H2,1-3H3. The fourth-order valence-corrected chi connectivity index (χ4v) is 3.76. The minimum absolute atomic E-state index is 0.125. The van der Waals surface area contributed by atoms with Gasteiger partial charge in [0.1, 0.15) is 10.8 Å². The Morgan fingerprint density at radius 1 is 1.19 bits per heavy atom. The average molecular weight is 372 g/mol. The summed E-state index contributed by atoms with van der Waals surface area (Å²) < 4.78 is 5.20. The van der Waals surface area contributed by atoms with Gasteiger partial charge in [-0.25, -0.2) is 4.98 Å². The van der Waals surface area contributed by atoms with Gasteiger partial charge in [0.2, 0.25) is 5.91 Å². The van der Waals surface area contributed by atoms with Crippen LogP contribution in [-0.4, -0.2) is 54.0 Å². The number of nitrogens with zero attached hydrogens (tertiary/aromatic N) is 3. The van der Waals surface area contributed by atoms with Crippen LogP contribution in [0.3, 0.4) is 0 Å². The van der Waals surface area contributed by atoms with Crippen LogP contribution in [0.5, 0.6) is 5.75 Å². The molecule has 0 bridgehead atoms. The molecule has 0 N–H and O–H groups in total. The third-order valence-corrected chi connectivity index (χ3v) is 5.31. The Kier molecular flexibility index (Phi) is 6.06. The second-order valence-corrected chi connectivity index (χ2v) is 7.55. The fraction of sp³-hybridized carbons (Fsp3) is 0.400. The second-order valence-electron chi connectivity index (χ2n) is 6.70. The number of hydrogen-bond donors (Lipinski definition) is 0. The highest BCUT2D eigenvalue weighted by Gasteiger charge is 2.20. The van der Waals surface area contributed by atoms with Crippen molar-refractivity contribution in [3.05, 3.63) is 47.0 Å². The fourth-order valence-electron chi connectivity index (χ4n) is 2.94. The maximum atomic E-state index is 12.1. The summed E-state index contributed by atoms with van der Waals surface area (Å²) in [6.45, 7) is 8.07. The molecule has 0 saturated carbocycles. The van der Waals surface area contributed by atoms with Crippen molar-refractivity contribution in [2.24, 2.45) is 0 Å².